The van der Waals surface area contributed by atoms with Crippen molar-refractivity contribution in [3.63, 3.8) is 0 Å². The Kier molecular flexibility index (Phi) is 3.58. The average molecular weight is 348 g/mol. The molecule has 0 radical (unpaired) electrons. The second kappa shape index (κ2) is 5.93. The second-order valence-electron chi connectivity index (χ2n) is 5.72. The van der Waals surface area contributed by atoms with Gasteiger partial charge in [0.15, 0.2) is 18.1 Å². The van der Waals surface area contributed by atoms with Gasteiger partial charge in [-0.2, -0.15) is 4.57 Å². The third-order valence-electron chi connectivity index (χ3n) is 4.14. The first kappa shape index (κ1) is 15.7. The number of benzene rings is 2. The van der Waals surface area contributed by atoms with Crippen molar-refractivity contribution in [2.75, 3.05) is 0 Å². The van der Waals surface area contributed by atoms with Gasteiger partial charge < -0.3 is 19.7 Å². The molecule has 2 aromatic carbocycles. The van der Waals surface area contributed by atoms with E-state index in [-0.39, 0.29) is 39.6 Å². The van der Waals surface area contributed by atoms with Crippen molar-refractivity contribution in [1.82, 2.24) is 0 Å². The van der Waals surface area contributed by atoms with Gasteiger partial charge in [0.1, 0.15) is 28.2 Å². The van der Waals surface area contributed by atoms with E-state index in [0.29, 0.717) is 5.39 Å². The minimum absolute atomic E-state index is 0.0156. The minimum atomic E-state index is -0.820. The molecule has 2 aromatic heterocycles. The number of hydrogen-bond donors (Lipinski definition) is 3. The van der Waals surface area contributed by atoms with E-state index in [0.717, 1.165) is 0 Å². The number of pyridine rings is 1. The molecular formula is C20H14NO5+. The van der Waals surface area contributed by atoms with Crippen molar-refractivity contribution in [1.29, 1.82) is 0 Å². The van der Waals surface area contributed by atoms with Crippen LogP contribution < -0.4 is 10.2 Å². The maximum Gasteiger partial charge on any atom is 0.348 e. The van der Waals surface area contributed by atoms with Gasteiger partial charge in [0.05, 0.1) is 5.39 Å². The highest BCUT2D eigenvalue weighted by Gasteiger charge is 2.29. The van der Waals surface area contributed by atoms with Crippen LogP contribution in [-0.4, -0.2) is 15.3 Å². The number of aromatic nitrogens is 1. The number of para-hydroxylation sites is 1. The van der Waals surface area contributed by atoms with E-state index in [9.17, 15) is 20.1 Å². The maximum atomic E-state index is 12.6. The van der Waals surface area contributed by atoms with E-state index >= 15 is 0 Å². The second-order valence-corrected chi connectivity index (χ2v) is 5.72. The van der Waals surface area contributed by atoms with E-state index in [1.54, 1.807) is 59.4 Å². The topological polar surface area (TPSA) is 94.8 Å². The first-order chi connectivity index (χ1) is 12.6. The Morgan fingerprint density at radius 1 is 0.769 bits per heavy atom. The number of fused-ring (bicyclic) bond motifs is 1. The van der Waals surface area contributed by atoms with Crippen LogP contribution in [0.3, 0.4) is 0 Å². The molecular weight excluding hydrogens is 334 g/mol. The highest BCUT2D eigenvalue weighted by atomic mass is 16.4. The molecule has 0 saturated heterocycles. The molecule has 0 aliphatic heterocycles. The quantitative estimate of drug-likeness (QED) is 0.294. The highest BCUT2D eigenvalue weighted by molar-refractivity contribution is 5.93. The third kappa shape index (κ3) is 2.36. The van der Waals surface area contributed by atoms with Crippen LogP contribution in [0.5, 0.6) is 17.2 Å². The molecule has 0 spiro atoms. The monoisotopic (exact) mass is 348 g/mol. The minimum Gasteiger partial charge on any atom is -0.507 e. The molecule has 0 atom stereocenters. The highest BCUT2D eigenvalue weighted by Crippen LogP contribution is 2.42. The molecule has 0 bridgehead atoms. The van der Waals surface area contributed by atoms with E-state index in [1.807, 2.05) is 0 Å². The molecule has 4 rings (SSSR count). The summed E-state index contributed by atoms with van der Waals surface area (Å²) in [7, 11) is 0. The average Bonchev–Trinajstić information content (AvgIpc) is 2.65. The summed E-state index contributed by atoms with van der Waals surface area (Å²) in [6.07, 6.45) is 3.30. The molecule has 6 nitrogen and oxygen atoms in total. The van der Waals surface area contributed by atoms with Gasteiger partial charge in [-0.3, -0.25) is 0 Å². The van der Waals surface area contributed by atoms with Gasteiger partial charge in [-0.25, -0.2) is 4.79 Å². The number of rotatable bonds is 2. The Bertz CT molecular complexity index is 1180. The third-order valence-corrected chi connectivity index (χ3v) is 4.14. The van der Waals surface area contributed by atoms with Crippen LogP contribution in [0.15, 0.2) is 76.2 Å². The smallest absolute Gasteiger partial charge is 0.348 e. The zero-order valence-corrected chi connectivity index (χ0v) is 13.5. The Balaban J connectivity index is 2.14. The van der Waals surface area contributed by atoms with E-state index in [1.165, 1.54) is 12.1 Å². The van der Waals surface area contributed by atoms with Crippen LogP contribution in [0.25, 0.3) is 27.8 Å². The predicted molar refractivity (Wildman–Crippen MR) is 94.4 cm³/mol. The molecule has 0 aliphatic carbocycles. The zero-order chi connectivity index (χ0) is 18.3. The predicted octanol–water partition coefficient (Wildman–Crippen LogP) is 2.85. The summed E-state index contributed by atoms with van der Waals surface area (Å²) >= 11 is 0. The van der Waals surface area contributed by atoms with E-state index in [2.05, 4.69) is 0 Å². The Labute approximate surface area is 147 Å². The van der Waals surface area contributed by atoms with Crippen molar-refractivity contribution in [2.45, 2.75) is 0 Å². The standard InChI is InChI=1S/C20H13NO5/c22-13-8-9-14(23)18(21-10-4-1-5-11-21)16(13)17-19(24)12-6-2-3-7-15(12)26-20(17)25/h1-11H,(H2-,22,23,24,25)/p+1. The summed E-state index contributed by atoms with van der Waals surface area (Å²) in [5.74, 6) is -0.761. The van der Waals surface area contributed by atoms with Crippen molar-refractivity contribution in [2.24, 2.45) is 0 Å². The van der Waals surface area contributed by atoms with Gasteiger partial charge in [-0.15, -0.1) is 0 Å². The fourth-order valence-electron chi connectivity index (χ4n) is 2.98. The van der Waals surface area contributed by atoms with Crippen molar-refractivity contribution < 1.29 is 24.3 Å². The van der Waals surface area contributed by atoms with Gasteiger partial charge in [-0.05, 0) is 24.3 Å². The van der Waals surface area contributed by atoms with Gasteiger partial charge in [0, 0.05) is 12.1 Å². The molecule has 0 saturated carbocycles. The van der Waals surface area contributed by atoms with Crippen LogP contribution >= 0.6 is 0 Å². The zero-order valence-electron chi connectivity index (χ0n) is 13.5. The van der Waals surface area contributed by atoms with Gasteiger partial charge >= 0.3 is 5.63 Å². The molecule has 26 heavy (non-hydrogen) atoms. The fraction of sp³-hybridized carbons (Fsp3) is 0. The molecule has 0 fully saturated rings. The lowest BCUT2D eigenvalue weighted by Crippen LogP contribution is -2.30. The van der Waals surface area contributed by atoms with Crippen LogP contribution in [0.4, 0.5) is 0 Å². The van der Waals surface area contributed by atoms with E-state index < -0.39 is 5.63 Å². The lowest BCUT2D eigenvalue weighted by atomic mass is 10.0. The first-order valence-electron chi connectivity index (χ1n) is 7.84. The summed E-state index contributed by atoms with van der Waals surface area (Å²) in [4.78, 5) is 12.6. The SMILES string of the molecule is O=c1oc2ccccc2c(O)c1-c1c(O)ccc(O)c1-[n+]1ccccc1. The van der Waals surface area contributed by atoms with Crippen molar-refractivity contribution >= 4 is 11.0 Å². The number of hydrogen-bond acceptors (Lipinski definition) is 5. The number of aromatic hydroxyl groups is 3. The first-order valence-corrected chi connectivity index (χ1v) is 7.84. The molecule has 0 unspecified atom stereocenters. The van der Waals surface area contributed by atoms with Crippen molar-refractivity contribution in [3.8, 4) is 34.1 Å². The Morgan fingerprint density at radius 2 is 1.46 bits per heavy atom. The molecule has 6 heteroatoms. The molecule has 128 valence electrons. The molecule has 2 heterocycles. The lowest BCUT2D eigenvalue weighted by Gasteiger charge is -2.11. The van der Waals surface area contributed by atoms with E-state index in [4.69, 9.17) is 4.42 Å². The summed E-state index contributed by atoms with van der Waals surface area (Å²) in [5.41, 5.74) is -0.669. The lowest BCUT2D eigenvalue weighted by molar-refractivity contribution is -0.595. The Morgan fingerprint density at radius 3 is 2.23 bits per heavy atom. The summed E-state index contributed by atoms with van der Waals surface area (Å²) < 4.78 is 6.84. The molecule has 4 aromatic rings. The maximum absolute atomic E-state index is 12.6. The van der Waals surface area contributed by atoms with Crippen LogP contribution in [0.1, 0.15) is 0 Å². The molecule has 0 aliphatic rings. The van der Waals surface area contributed by atoms with Crippen LogP contribution in [-0.2, 0) is 0 Å². The normalized spacial score (nSPS) is 10.9. The summed E-state index contributed by atoms with van der Waals surface area (Å²) in [5, 5.41) is 31.9. The van der Waals surface area contributed by atoms with Gasteiger partial charge in [0.25, 0.3) is 5.69 Å². The summed E-state index contributed by atoms with van der Waals surface area (Å²) in [6, 6.07) is 14.4. The number of nitrogens with zero attached hydrogens (tertiary/aromatic N) is 1. The number of phenols is 2. The number of phenolic OH excluding ortho intramolecular Hbond substituents is 2. The molecule has 0 amide bonds. The largest absolute Gasteiger partial charge is 0.507 e. The molecule has 3 N–H and O–H groups in total. The summed E-state index contributed by atoms with van der Waals surface area (Å²) in [6.45, 7) is 0. The van der Waals surface area contributed by atoms with Crippen LogP contribution in [0.2, 0.25) is 0 Å². The van der Waals surface area contributed by atoms with Crippen LogP contribution in [0, 0.1) is 0 Å². The Hall–Kier alpha value is -3.80. The van der Waals surface area contributed by atoms with Gasteiger partial charge in [0.2, 0.25) is 0 Å². The van der Waals surface area contributed by atoms with Crippen molar-refractivity contribution in [3.05, 3.63) is 77.4 Å². The van der Waals surface area contributed by atoms with Gasteiger partial charge in [-0.1, -0.05) is 18.2 Å². The fourth-order valence-corrected chi connectivity index (χ4v) is 2.98.